The molecule has 0 aliphatic heterocycles. The van der Waals surface area contributed by atoms with Crippen molar-refractivity contribution in [3.63, 3.8) is 0 Å². The molecule has 0 saturated carbocycles. The number of carbonyl (C=O) groups is 1. The Bertz CT molecular complexity index is 604. The molecule has 1 aromatic carbocycles. The number of hydrogen-bond acceptors (Lipinski definition) is 4. The number of nitrogens with zero attached hydrogens (tertiary/aromatic N) is 3. The first kappa shape index (κ1) is 11.4. The molecule has 88 valence electrons. The molecular formula is C12H13N3O2. The van der Waals surface area contributed by atoms with Crippen molar-refractivity contribution in [1.82, 2.24) is 15.0 Å². The minimum Gasteiger partial charge on any atom is -0.298 e. The van der Waals surface area contributed by atoms with Gasteiger partial charge in [-0.3, -0.25) is 9.59 Å². The van der Waals surface area contributed by atoms with E-state index in [1.165, 1.54) is 0 Å². The lowest BCUT2D eigenvalue weighted by Crippen LogP contribution is -2.27. The van der Waals surface area contributed by atoms with Crippen LogP contribution in [0.1, 0.15) is 19.8 Å². The van der Waals surface area contributed by atoms with Crippen LogP contribution in [-0.4, -0.2) is 20.8 Å². The minimum absolute atomic E-state index is 0.000758. The van der Waals surface area contributed by atoms with Crippen LogP contribution < -0.4 is 5.56 Å². The standard InChI is InChI=1S/C12H13N3O2/c1-2-5-9(16)8-15-12(17)10-6-3-4-7-11(10)13-14-15/h3-4,6-7H,2,5,8H2,1H3. The van der Waals surface area contributed by atoms with Crippen molar-refractivity contribution < 1.29 is 4.79 Å². The van der Waals surface area contributed by atoms with E-state index in [1.54, 1.807) is 24.3 Å². The maximum atomic E-state index is 12.0. The summed E-state index contributed by atoms with van der Waals surface area (Å²) in [5, 5.41) is 8.17. The fourth-order valence-electron chi connectivity index (χ4n) is 1.65. The van der Waals surface area contributed by atoms with E-state index in [0.29, 0.717) is 17.3 Å². The van der Waals surface area contributed by atoms with Crippen molar-refractivity contribution >= 4 is 16.7 Å². The zero-order chi connectivity index (χ0) is 12.3. The Morgan fingerprint density at radius 2 is 2.12 bits per heavy atom. The molecule has 0 amide bonds. The smallest absolute Gasteiger partial charge is 0.278 e. The van der Waals surface area contributed by atoms with Crippen LogP contribution in [0.2, 0.25) is 0 Å². The van der Waals surface area contributed by atoms with Crippen LogP contribution in [0.5, 0.6) is 0 Å². The van der Waals surface area contributed by atoms with E-state index < -0.39 is 0 Å². The first-order chi connectivity index (χ1) is 8.22. The molecule has 2 aromatic rings. The van der Waals surface area contributed by atoms with Crippen LogP contribution >= 0.6 is 0 Å². The molecule has 5 heteroatoms. The highest BCUT2D eigenvalue weighted by molar-refractivity contribution is 5.79. The molecule has 0 N–H and O–H groups in total. The van der Waals surface area contributed by atoms with Gasteiger partial charge in [-0.05, 0) is 18.6 Å². The number of benzene rings is 1. The maximum absolute atomic E-state index is 12.0. The van der Waals surface area contributed by atoms with Gasteiger partial charge in [-0.1, -0.05) is 24.3 Å². The van der Waals surface area contributed by atoms with Crippen LogP contribution in [-0.2, 0) is 11.3 Å². The summed E-state index contributed by atoms with van der Waals surface area (Å²) in [6.07, 6.45) is 1.23. The van der Waals surface area contributed by atoms with Gasteiger partial charge < -0.3 is 0 Å². The predicted molar refractivity (Wildman–Crippen MR) is 63.7 cm³/mol. The van der Waals surface area contributed by atoms with Gasteiger partial charge in [0, 0.05) is 6.42 Å². The van der Waals surface area contributed by atoms with E-state index in [1.807, 2.05) is 6.92 Å². The molecule has 1 heterocycles. The van der Waals surface area contributed by atoms with E-state index in [9.17, 15) is 9.59 Å². The quantitative estimate of drug-likeness (QED) is 0.792. The monoisotopic (exact) mass is 231 g/mol. The highest BCUT2D eigenvalue weighted by Gasteiger charge is 2.08. The molecule has 0 radical (unpaired) electrons. The van der Waals surface area contributed by atoms with Gasteiger partial charge >= 0.3 is 0 Å². The third kappa shape index (κ3) is 2.38. The van der Waals surface area contributed by atoms with Crippen molar-refractivity contribution in [1.29, 1.82) is 0 Å². The summed E-state index contributed by atoms with van der Waals surface area (Å²) in [7, 11) is 0. The number of aromatic nitrogens is 3. The largest absolute Gasteiger partial charge is 0.298 e. The molecule has 0 bridgehead atoms. The van der Waals surface area contributed by atoms with Gasteiger partial charge in [-0.15, -0.1) is 5.10 Å². The Morgan fingerprint density at radius 1 is 1.35 bits per heavy atom. The number of ketones is 1. The Kier molecular flexibility index (Phi) is 3.27. The zero-order valence-electron chi connectivity index (χ0n) is 9.59. The van der Waals surface area contributed by atoms with Gasteiger partial charge in [-0.25, -0.2) is 4.68 Å². The molecule has 0 aliphatic carbocycles. The molecule has 0 atom stereocenters. The maximum Gasteiger partial charge on any atom is 0.278 e. The number of carbonyl (C=O) groups excluding carboxylic acids is 1. The molecule has 2 rings (SSSR count). The van der Waals surface area contributed by atoms with Crippen LogP contribution in [0.25, 0.3) is 10.9 Å². The fraction of sp³-hybridized carbons (Fsp3) is 0.333. The summed E-state index contributed by atoms with van der Waals surface area (Å²) >= 11 is 0. The third-order valence-corrected chi connectivity index (χ3v) is 2.48. The Labute approximate surface area is 98.1 Å². The lowest BCUT2D eigenvalue weighted by Gasteiger charge is -2.03. The first-order valence-electron chi connectivity index (χ1n) is 5.56. The normalized spacial score (nSPS) is 10.6. The molecule has 17 heavy (non-hydrogen) atoms. The molecule has 0 aliphatic rings. The van der Waals surface area contributed by atoms with Crippen molar-refractivity contribution in [3.05, 3.63) is 34.6 Å². The van der Waals surface area contributed by atoms with E-state index in [0.717, 1.165) is 11.1 Å². The Morgan fingerprint density at radius 3 is 2.88 bits per heavy atom. The van der Waals surface area contributed by atoms with Gasteiger partial charge in [0.1, 0.15) is 12.1 Å². The summed E-state index contributed by atoms with van der Waals surface area (Å²) < 4.78 is 1.13. The number of Topliss-reactive ketones (excluding diaryl/α,β-unsaturated/α-hetero) is 1. The van der Waals surface area contributed by atoms with E-state index in [2.05, 4.69) is 10.3 Å². The summed E-state index contributed by atoms with van der Waals surface area (Å²) in [5.41, 5.74) is 0.289. The average molecular weight is 231 g/mol. The van der Waals surface area contributed by atoms with Crippen LogP contribution in [0, 0.1) is 0 Å². The molecule has 0 saturated heterocycles. The Balaban J connectivity index is 2.39. The van der Waals surface area contributed by atoms with Crippen molar-refractivity contribution in [2.45, 2.75) is 26.3 Å². The van der Waals surface area contributed by atoms with Crippen LogP contribution in [0.15, 0.2) is 29.1 Å². The second-order valence-electron chi connectivity index (χ2n) is 3.86. The van der Waals surface area contributed by atoms with Crippen LogP contribution in [0.4, 0.5) is 0 Å². The lowest BCUT2D eigenvalue weighted by atomic mass is 10.2. The molecular weight excluding hydrogens is 218 g/mol. The minimum atomic E-state index is -0.264. The number of rotatable bonds is 4. The van der Waals surface area contributed by atoms with E-state index in [4.69, 9.17) is 0 Å². The second kappa shape index (κ2) is 4.86. The van der Waals surface area contributed by atoms with Gasteiger partial charge in [0.15, 0.2) is 5.78 Å². The SMILES string of the molecule is CCCC(=O)Cn1nnc2ccccc2c1=O. The fourth-order valence-corrected chi connectivity index (χ4v) is 1.65. The van der Waals surface area contributed by atoms with Crippen molar-refractivity contribution in [2.24, 2.45) is 0 Å². The summed E-state index contributed by atoms with van der Waals surface area (Å²) in [6, 6.07) is 6.97. The highest BCUT2D eigenvalue weighted by atomic mass is 16.1. The molecule has 1 aromatic heterocycles. The number of fused-ring (bicyclic) bond motifs is 1. The molecule has 5 nitrogen and oxygen atoms in total. The first-order valence-corrected chi connectivity index (χ1v) is 5.56. The zero-order valence-corrected chi connectivity index (χ0v) is 9.59. The second-order valence-corrected chi connectivity index (χ2v) is 3.86. The van der Waals surface area contributed by atoms with Gasteiger partial charge in [-0.2, -0.15) is 0 Å². The van der Waals surface area contributed by atoms with Gasteiger partial charge in [0.05, 0.1) is 5.39 Å². The molecule has 0 unspecified atom stereocenters. The van der Waals surface area contributed by atoms with E-state index in [-0.39, 0.29) is 17.9 Å². The highest BCUT2D eigenvalue weighted by Crippen LogP contribution is 2.03. The average Bonchev–Trinajstić information content (AvgIpc) is 2.33. The van der Waals surface area contributed by atoms with Crippen molar-refractivity contribution in [3.8, 4) is 0 Å². The molecule has 0 fully saturated rings. The van der Waals surface area contributed by atoms with Crippen molar-refractivity contribution in [2.75, 3.05) is 0 Å². The Hall–Kier alpha value is -2.04. The summed E-state index contributed by atoms with van der Waals surface area (Å²) in [6.45, 7) is 1.93. The molecule has 0 spiro atoms. The summed E-state index contributed by atoms with van der Waals surface area (Å²) in [4.78, 5) is 23.4. The number of hydrogen-bond donors (Lipinski definition) is 0. The lowest BCUT2D eigenvalue weighted by molar-refractivity contribution is -0.119. The van der Waals surface area contributed by atoms with Gasteiger partial charge in [0.25, 0.3) is 5.56 Å². The van der Waals surface area contributed by atoms with E-state index >= 15 is 0 Å². The third-order valence-electron chi connectivity index (χ3n) is 2.48. The predicted octanol–water partition coefficient (Wildman–Crippen LogP) is 1.16. The van der Waals surface area contributed by atoms with Gasteiger partial charge in [0.2, 0.25) is 0 Å². The van der Waals surface area contributed by atoms with Crippen LogP contribution in [0.3, 0.4) is 0 Å². The topological polar surface area (TPSA) is 64.8 Å². The summed E-state index contributed by atoms with van der Waals surface area (Å²) in [5.74, 6) is -0.000758.